The fourth-order valence-corrected chi connectivity index (χ4v) is 2.20. The van der Waals surface area contributed by atoms with E-state index in [0.29, 0.717) is 5.69 Å². The molecule has 4 nitrogen and oxygen atoms in total. The zero-order valence-electron chi connectivity index (χ0n) is 12.5. The first-order chi connectivity index (χ1) is 10.3. The largest absolute Gasteiger partial charge is 0.442 e. The molecule has 1 aromatic rings. The van der Waals surface area contributed by atoms with Gasteiger partial charge in [-0.25, -0.2) is 4.79 Å². The van der Waals surface area contributed by atoms with Crippen LogP contribution in [0.25, 0.3) is 0 Å². The molecule has 0 spiro atoms. The lowest BCUT2D eigenvalue weighted by atomic mass is 10.0. The van der Waals surface area contributed by atoms with Crippen LogP contribution in [0.3, 0.4) is 0 Å². The first-order valence-corrected chi connectivity index (χ1v) is 7.09. The molecule has 0 aliphatic heterocycles. The van der Waals surface area contributed by atoms with Crippen LogP contribution in [0.1, 0.15) is 37.7 Å². The van der Waals surface area contributed by atoms with E-state index in [4.69, 9.17) is 6.17 Å². The van der Waals surface area contributed by atoms with Crippen molar-refractivity contribution in [2.45, 2.75) is 44.8 Å². The maximum absolute atomic E-state index is 11.9. The highest BCUT2D eigenvalue weighted by Crippen LogP contribution is 2.15. The Morgan fingerprint density at radius 3 is 3.00 bits per heavy atom. The molecule has 2 rings (SSSR count). The molecule has 0 radical (unpaired) electrons. The van der Waals surface area contributed by atoms with Gasteiger partial charge in [-0.1, -0.05) is 24.6 Å². The smallest absolute Gasteiger partial charge is 0.412 e. The van der Waals surface area contributed by atoms with Crippen molar-refractivity contribution in [1.29, 1.82) is 1.43 Å². The summed E-state index contributed by atoms with van der Waals surface area (Å²) in [6, 6.07) is 7.15. The first kappa shape index (κ1) is 13.2. The van der Waals surface area contributed by atoms with Gasteiger partial charge < -0.3 is 9.85 Å². The molecule has 1 aliphatic carbocycles. The predicted molar refractivity (Wildman–Crippen MR) is 78.5 cm³/mol. The Morgan fingerprint density at radius 2 is 2.20 bits per heavy atom. The molecule has 1 aliphatic rings. The number of ether oxygens (including phenoxy) is 1. The van der Waals surface area contributed by atoms with Gasteiger partial charge in [-0.05, 0) is 49.5 Å². The molecule has 0 heterocycles. The summed E-state index contributed by atoms with van der Waals surface area (Å²) < 4.78 is 12.1. The minimum Gasteiger partial charge on any atom is -0.442 e. The number of carbonyl (C=O) groups excluding carboxylic acids is 1. The van der Waals surface area contributed by atoms with E-state index in [2.05, 4.69) is 16.5 Å². The van der Waals surface area contributed by atoms with Gasteiger partial charge in [-0.3, -0.25) is 5.32 Å². The van der Waals surface area contributed by atoms with Gasteiger partial charge in [0.2, 0.25) is 1.43 Å². The minimum absolute atomic E-state index is 0.138. The molecule has 1 amide bonds. The lowest BCUT2D eigenvalue weighted by Crippen LogP contribution is -2.21. The Hall–Kier alpha value is -1.81. The quantitative estimate of drug-likeness (QED) is 0.826. The van der Waals surface area contributed by atoms with Gasteiger partial charge in [0.1, 0.15) is 6.10 Å². The number of rotatable bonds is 4. The van der Waals surface area contributed by atoms with Crippen molar-refractivity contribution < 1.29 is 14.6 Å². The van der Waals surface area contributed by atoms with Crippen molar-refractivity contribution in [2.24, 2.45) is 0 Å². The van der Waals surface area contributed by atoms with E-state index in [9.17, 15) is 4.79 Å². The maximum atomic E-state index is 11.9. The van der Waals surface area contributed by atoms with Crippen molar-refractivity contribution in [3.63, 3.8) is 0 Å². The van der Waals surface area contributed by atoms with Crippen LogP contribution in [-0.2, 0) is 11.3 Å². The van der Waals surface area contributed by atoms with Crippen molar-refractivity contribution >= 4 is 11.8 Å². The SMILES string of the molecule is [2H]OCc1ccc(NC(=O)OC2/C=C/CCCCC2)cc1. The van der Waals surface area contributed by atoms with Crippen molar-refractivity contribution in [3.05, 3.63) is 42.0 Å². The second-order valence-electron chi connectivity index (χ2n) is 4.98. The molecule has 20 heavy (non-hydrogen) atoms. The monoisotopic (exact) mass is 276 g/mol. The summed E-state index contributed by atoms with van der Waals surface area (Å²) in [5, 5.41) is 7.01. The van der Waals surface area contributed by atoms with E-state index in [1.807, 2.05) is 6.08 Å². The highest BCUT2D eigenvalue weighted by atomic mass is 16.6. The van der Waals surface area contributed by atoms with Gasteiger partial charge in [0, 0.05) is 5.69 Å². The highest BCUT2D eigenvalue weighted by Gasteiger charge is 2.12. The zero-order valence-corrected chi connectivity index (χ0v) is 11.5. The molecular weight excluding hydrogens is 254 g/mol. The van der Waals surface area contributed by atoms with Crippen molar-refractivity contribution in [1.82, 2.24) is 0 Å². The molecule has 0 fully saturated rings. The van der Waals surface area contributed by atoms with Gasteiger partial charge >= 0.3 is 6.09 Å². The number of carbonyl (C=O) groups is 1. The molecule has 0 bridgehead atoms. The molecule has 1 atom stereocenters. The van der Waals surface area contributed by atoms with E-state index >= 15 is 0 Å². The minimum atomic E-state index is -0.435. The number of benzene rings is 1. The van der Waals surface area contributed by atoms with E-state index in [-0.39, 0.29) is 12.7 Å². The Balaban J connectivity index is 1.84. The standard InChI is InChI=1S/C16H21NO3/c18-12-13-8-10-14(11-9-13)17-16(19)20-15-6-4-2-1-3-5-7-15/h4,6,8-11,15,18H,1-3,5,7,12H2,(H,17,19)/b6-4+/i18D. The number of hydrogen-bond acceptors (Lipinski definition) is 3. The van der Waals surface area contributed by atoms with Crippen LogP contribution in [-0.4, -0.2) is 18.7 Å². The third kappa shape index (κ3) is 4.70. The predicted octanol–water partition coefficient (Wildman–Crippen LogP) is 3.62. The van der Waals surface area contributed by atoms with Crippen molar-refractivity contribution in [3.8, 4) is 0 Å². The van der Waals surface area contributed by atoms with Crippen molar-refractivity contribution in [2.75, 3.05) is 5.32 Å². The molecule has 0 aromatic heterocycles. The lowest BCUT2D eigenvalue weighted by Gasteiger charge is -2.16. The molecule has 4 heteroatoms. The third-order valence-corrected chi connectivity index (χ3v) is 3.34. The topological polar surface area (TPSA) is 58.6 Å². The van der Waals surface area contributed by atoms with Crippen LogP contribution in [0, 0.1) is 0 Å². The average molecular weight is 276 g/mol. The molecule has 108 valence electrons. The number of anilines is 1. The highest BCUT2D eigenvalue weighted by molar-refractivity contribution is 5.84. The van der Waals surface area contributed by atoms with Crippen LogP contribution in [0.15, 0.2) is 36.4 Å². The molecular formula is C16H21NO3. The van der Waals surface area contributed by atoms with Crippen LogP contribution in [0.5, 0.6) is 0 Å². The second-order valence-corrected chi connectivity index (χ2v) is 4.98. The summed E-state index contributed by atoms with van der Waals surface area (Å²) in [7, 11) is 0. The third-order valence-electron chi connectivity index (χ3n) is 3.34. The fraction of sp³-hybridized carbons (Fsp3) is 0.438. The Morgan fingerprint density at radius 1 is 1.35 bits per heavy atom. The first-order valence-electron chi connectivity index (χ1n) is 7.50. The van der Waals surface area contributed by atoms with Gasteiger partial charge in [0.25, 0.3) is 0 Å². The molecule has 2 N–H and O–H groups in total. The zero-order chi connectivity index (χ0) is 14.9. The van der Waals surface area contributed by atoms with Crippen LogP contribution >= 0.6 is 0 Å². The van der Waals surface area contributed by atoms with Gasteiger partial charge in [0.15, 0.2) is 0 Å². The summed E-state index contributed by atoms with van der Waals surface area (Å²) >= 11 is 0. The van der Waals surface area contributed by atoms with E-state index in [1.54, 1.807) is 24.3 Å². The second kappa shape index (κ2) is 7.70. The Kier molecular flexibility index (Phi) is 5.08. The molecule has 0 saturated carbocycles. The van der Waals surface area contributed by atoms with E-state index in [0.717, 1.165) is 24.8 Å². The molecule has 1 unspecified atom stereocenters. The fourth-order valence-electron chi connectivity index (χ4n) is 2.20. The van der Waals surface area contributed by atoms with Crippen LogP contribution in [0.2, 0.25) is 0 Å². The number of hydrogen-bond donors (Lipinski definition) is 2. The summed E-state index contributed by atoms with van der Waals surface area (Å²) in [6.07, 6.45) is 8.92. The average Bonchev–Trinajstić information content (AvgIpc) is 2.44. The number of nitrogens with one attached hydrogen (secondary N) is 1. The van der Waals surface area contributed by atoms with Gasteiger partial charge in [-0.15, -0.1) is 0 Å². The summed E-state index contributed by atoms with van der Waals surface area (Å²) in [6.45, 7) is 0.234. The number of amides is 1. The van der Waals surface area contributed by atoms with E-state index in [1.165, 1.54) is 12.8 Å². The van der Waals surface area contributed by atoms with E-state index < -0.39 is 6.09 Å². The van der Waals surface area contributed by atoms with Crippen LogP contribution in [0.4, 0.5) is 10.5 Å². The summed E-state index contributed by atoms with van der Waals surface area (Å²) in [5.74, 6) is 0. The Bertz CT molecular complexity index is 473. The van der Waals surface area contributed by atoms with Crippen LogP contribution < -0.4 is 5.32 Å². The van der Waals surface area contributed by atoms with Gasteiger partial charge in [0.05, 0.1) is 6.61 Å². The lowest BCUT2D eigenvalue weighted by molar-refractivity contribution is 0.127. The molecule has 1 aromatic carbocycles. The number of aliphatic hydroxyl groups is 1. The molecule has 0 saturated heterocycles. The van der Waals surface area contributed by atoms with Gasteiger partial charge in [-0.2, -0.15) is 0 Å². The normalized spacial score (nSPS) is 21.2. The number of allylic oxidation sites excluding steroid dienone is 1. The summed E-state index contributed by atoms with van der Waals surface area (Å²) in [4.78, 5) is 11.9. The Labute approximate surface area is 120 Å². The number of aliphatic hydroxyl groups excluding tert-OH is 1. The maximum Gasteiger partial charge on any atom is 0.412 e. The summed E-state index contributed by atoms with van der Waals surface area (Å²) in [5.41, 5.74) is 1.55.